The van der Waals surface area contributed by atoms with Crippen molar-refractivity contribution in [3.8, 4) is 0 Å². The Morgan fingerprint density at radius 1 is 0.917 bits per heavy atom. The highest BCUT2D eigenvalue weighted by Crippen LogP contribution is 2.32. The SMILES string of the molecule is O=C(Nc1ccccc1)c1n[nH]c2c1Nc1ccccc1NC2=O. The summed E-state index contributed by atoms with van der Waals surface area (Å²) in [5.41, 5.74) is 2.68. The van der Waals surface area contributed by atoms with Crippen LogP contribution >= 0.6 is 0 Å². The zero-order valence-corrected chi connectivity index (χ0v) is 12.5. The number of rotatable bonds is 2. The van der Waals surface area contributed by atoms with Crippen molar-refractivity contribution in [2.75, 3.05) is 16.0 Å². The van der Waals surface area contributed by atoms with Gasteiger partial charge < -0.3 is 16.0 Å². The van der Waals surface area contributed by atoms with Crippen molar-refractivity contribution in [1.29, 1.82) is 0 Å². The van der Waals surface area contributed by atoms with Gasteiger partial charge in [-0.15, -0.1) is 0 Å². The van der Waals surface area contributed by atoms with Crippen molar-refractivity contribution >= 4 is 34.6 Å². The van der Waals surface area contributed by atoms with E-state index in [1.54, 1.807) is 18.2 Å². The van der Waals surface area contributed by atoms with Crippen LogP contribution in [0, 0.1) is 0 Å². The fourth-order valence-electron chi connectivity index (χ4n) is 2.52. The first-order valence-electron chi connectivity index (χ1n) is 7.34. The Bertz CT molecular complexity index is 933. The molecule has 0 saturated carbocycles. The Morgan fingerprint density at radius 3 is 2.33 bits per heavy atom. The average Bonchev–Trinajstić information content (AvgIpc) is 2.95. The maximum Gasteiger partial charge on any atom is 0.278 e. The third-order valence-corrected chi connectivity index (χ3v) is 3.68. The Balaban J connectivity index is 1.71. The zero-order chi connectivity index (χ0) is 16.5. The third kappa shape index (κ3) is 2.38. The number of hydrogen-bond acceptors (Lipinski definition) is 4. The molecule has 0 radical (unpaired) electrons. The van der Waals surface area contributed by atoms with Gasteiger partial charge in [0.15, 0.2) is 5.69 Å². The molecule has 0 bridgehead atoms. The van der Waals surface area contributed by atoms with Gasteiger partial charge in [0.05, 0.1) is 11.4 Å². The van der Waals surface area contributed by atoms with Gasteiger partial charge >= 0.3 is 0 Å². The summed E-state index contributed by atoms with van der Waals surface area (Å²) in [5.74, 6) is -0.757. The van der Waals surface area contributed by atoms with Gasteiger partial charge in [-0.2, -0.15) is 5.10 Å². The van der Waals surface area contributed by atoms with Gasteiger partial charge in [0.2, 0.25) is 0 Å². The largest absolute Gasteiger partial charge is 0.350 e. The normalized spacial score (nSPS) is 12.2. The fraction of sp³-hybridized carbons (Fsp3) is 0. The maximum absolute atomic E-state index is 12.5. The number of aromatic amines is 1. The number of aromatic nitrogens is 2. The van der Waals surface area contributed by atoms with Crippen LogP contribution in [0.1, 0.15) is 21.0 Å². The average molecular weight is 319 g/mol. The van der Waals surface area contributed by atoms with Crippen LogP contribution in [0.25, 0.3) is 0 Å². The topological polar surface area (TPSA) is 98.9 Å². The molecule has 1 aliphatic heterocycles. The fourth-order valence-corrected chi connectivity index (χ4v) is 2.52. The number of hydrogen-bond donors (Lipinski definition) is 4. The molecule has 24 heavy (non-hydrogen) atoms. The van der Waals surface area contributed by atoms with E-state index < -0.39 is 5.91 Å². The predicted octanol–water partition coefficient (Wildman–Crippen LogP) is 2.97. The highest BCUT2D eigenvalue weighted by molar-refractivity contribution is 6.16. The molecule has 2 aromatic carbocycles. The smallest absolute Gasteiger partial charge is 0.278 e. The minimum absolute atomic E-state index is 0.126. The van der Waals surface area contributed by atoms with E-state index in [4.69, 9.17) is 0 Å². The highest BCUT2D eigenvalue weighted by atomic mass is 16.2. The molecular formula is C17H13N5O2. The van der Waals surface area contributed by atoms with Crippen LogP contribution in [0.5, 0.6) is 0 Å². The van der Waals surface area contributed by atoms with E-state index >= 15 is 0 Å². The molecule has 0 saturated heterocycles. The molecule has 7 nitrogen and oxygen atoms in total. The molecule has 2 heterocycles. The summed E-state index contributed by atoms with van der Waals surface area (Å²) >= 11 is 0. The summed E-state index contributed by atoms with van der Waals surface area (Å²) in [6.07, 6.45) is 0. The van der Waals surface area contributed by atoms with E-state index in [1.807, 2.05) is 36.4 Å². The highest BCUT2D eigenvalue weighted by Gasteiger charge is 2.27. The van der Waals surface area contributed by atoms with Gasteiger partial charge in [-0.3, -0.25) is 14.7 Å². The van der Waals surface area contributed by atoms with Crippen molar-refractivity contribution in [2.24, 2.45) is 0 Å². The minimum Gasteiger partial charge on any atom is -0.350 e. The van der Waals surface area contributed by atoms with Gasteiger partial charge in [0, 0.05) is 5.69 Å². The van der Waals surface area contributed by atoms with Crippen LogP contribution in [0.3, 0.4) is 0 Å². The maximum atomic E-state index is 12.5. The van der Waals surface area contributed by atoms with Gasteiger partial charge in [0.25, 0.3) is 11.8 Å². The lowest BCUT2D eigenvalue weighted by atomic mass is 10.2. The molecule has 3 aromatic rings. The van der Waals surface area contributed by atoms with Crippen LogP contribution in [0.15, 0.2) is 54.6 Å². The number of carbonyl (C=O) groups is 2. The van der Waals surface area contributed by atoms with Crippen molar-refractivity contribution in [1.82, 2.24) is 10.2 Å². The van der Waals surface area contributed by atoms with Crippen molar-refractivity contribution in [3.63, 3.8) is 0 Å². The number of fused-ring (bicyclic) bond motifs is 2. The van der Waals surface area contributed by atoms with Crippen LogP contribution in [-0.4, -0.2) is 22.0 Å². The molecule has 0 unspecified atom stereocenters. The Hall–Kier alpha value is -3.61. The third-order valence-electron chi connectivity index (χ3n) is 3.68. The quantitative estimate of drug-likeness (QED) is 0.583. The predicted molar refractivity (Wildman–Crippen MR) is 90.7 cm³/mol. The lowest BCUT2D eigenvalue weighted by molar-refractivity contribution is 0.101. The van der Waals surface area contributed by atoms with E-state index in [2.05, 4.69) is 26.1 Å². The number of para-hydroxylation sites is 3. The van der Waals surface area contributed by atoms with E-state index in [0.717, 1.165) is 0 Å². The summed E-state index contributed by atoms with van der Waals surface area (Å²) in [4.78, 5) is 24.8. The molecule has 1 aliphatic rings. The first-order valence-corrected chi connectivity index (χ1v) is 7.34. The number of nitrogens with zero attached hydrogens (tertiary/aromatic N) is 1. The number of anilines is 4. The Labute approximate surface area is 137 Å². The molecule has 118 valence electrons. The van der Waals surface area contributed by atoms with Crippen LogP contribution in [0.4, 0.5) is 22.7 Å². The molecule has 0 fully saturated rings. The molecule has 1 aromatic heterocycles. The Kier molecular flexibility index (Phi) is 3.24. The first-order chi connectivity index (χ1) is 11.7. The second kappa shape index (κ2) is 5.54. The lowest BCUT2D eigenvalue weighted by Gasteiger charge is -2.08. The number of benzene rings is 2. The molecule has 0 spiro atoms. The van der Waals surface area contributed by atoms with Gasteiger partial charge in [-0.05, 0) is 24.3 Å². The first kappa shape index (κ1) is 14.0. The summed E-state index contributed by atoms with van der Waals surface area (Å²) in [6, 6.07) is 16.3. The van der Waals surface area contributed by atoms with E-state index in [1.165, 1.54) is 0 Å². The zero-order valence-electron chi connectivity index (χ0n) is 12.5. The lowest BCUT2D eigenvalue weighted by Crippen LogP contribution is -2.14. The monoisotopic (exact) mass is 319 g/mol. The van der Waals surface area contributed by atoms with Crippen LogP contribution in [0.2, 0.25) is 0 Å². The van der Waals surface area contributed by atoms with Gasteiger partial charge in [-0.25, -0.2) is 0 Å². The second-order valence-corrected chi connectivity index (χ2v) is 5.27. The molecule has 4 rings (SSSR count). The summed E-state index contributed by atoms with van der Waals surface area (Å²) in [6.45, 7) is 0. The second-order valence-electron chi connectivity index (χ2n) is 5.27. The summed E-state index contributed by atoms with van der Waals surface area (Å²) in [7, 11) is 0. The number of amides is 2. The van der Waals surface area contributed by atoms with Crippen molar-refractivity contribution < 1.29 is 9.59 Å². The van der Waals surface area contributed by atoms with Crippen molar-refractivity contribution in [2.45, 2.75) is 0 Å². The van der Waals surface area contributed by atoms with E-state index in [9.17, 15) is 9.59 Å². The summed E-state index contributed by atoms with van der Waals surface area (Å²) in [5, 5.41) is 15.3. The number of nitrogens with one attached hydrogen (secondary N) is 4. The molecule has 2 amide bonds. The molecule has 7 heteroatoms. The number of carbonyl (C=O) groups excluding carboxylic acids is 2. The van der Waals surface area contributed by atoms with Gasteiger partial charge in [0.1, 0.15) is 11.4 Å². The molecular weight excluding hydrogens is 306 g/mol. The molecule has 0 aliphatic carbocycles. The van der Waals surface area contributed by atoms with Crippen LogP contribution < -0.4 is 16.0 Å². The minimum atomic E-state index is -0.404. The Morgan fingerprint density at radius 2 is 1.58 bits per heavy atom. The van der Waals surface area contributed by atoms with Crippen LogP contribution in [-0.2, 0) is 0 Å². The summed E-state index contributed by atoms with van der Waals surface area (Å²) < 4.78 is 0. The van der Waals surface area contributed by atoms with Crippen molar-refractivity contribution in [3.05, 3.63) is 66.0 Å². The molecule has 4 N–H and O–H groups in total. The molecule has 0 atom stereocenters. The number of H-pyrrole nitrogens is 1. The van der Waals surface area contributed by atoms with E-state index in [0.29, 0.717) is 22.7 Å². The standard InChI is InChI=1S/C17H13N5O2/c23-16(18-10-6-2-1-3-7-10)14-13-15(22-21-14)17(24)20-12-9-5-4-8-11(12)19-13/h1-9,19H,(H,18,23)(H,20,24)(H,21,22). The van der Waals surface area contributed by atoms with Gasteiger partial charge in [-0.1, -0.05) is 30.3 Å². The van der Waals surface area contributed by atoms with E-state index in [-0.39, 0.29) is 17.3 Å².